The van der Waals surface area contributed by atoms with Crippen molar-refractivity contribution in [3.63, 3.8) is 0 Å². The largest absolute Gasteiger partial charge is 0.381 e. The van der Waals surface area contributed by atoms with Gasteiger partial charge in [0.05, 0.1) is 4.92 Å². The Morgan fingerprint density at radius 2 is 2.05 bits per heavy atom. The molecular weight excluding hydrogens is 264 g/mol. The number of rotatable bonds is 3. The Kier molecular flexibility index (Phi) is 3.05. The first kappa shape index (κ1) is 14.4. The van der Waals surface area contributed by atoms with Crippen molar-refractivity contribution in [2.45, 2.75) is 53.0 Å². The zero-order valence-electron chi connectivity index (χ0n) is 13.3. The van der Waals surface area contributed by atoms with E-state index in [0.717, 1.165) is 17.2 Å². The van der Waals surface area contributed by atoms with Gasteiger partial charge in [0.25, 0.3) is 5.69 Å². The van der Waals surface area contributed by atoms with Gasteiger partial charge in [0.1, 0.15) is 0 Å². The summed E-state index contributed by atoms with van der Waals surface area (Å²) < 4.78 is 0. The van der Waals surface area contributed by atoms with Crippen molar-refractivity contribution in [2.75, 3.05) is 5.32 Å². The van der Waals surface area contributed by atoms with Crippen LogP contribution in [-0.4, -0.2) is 11.0 Å². The van der Waals surface area contributed by atoms with Crippen LogP contribution in [0.4, 0.5) is 11.4 Å². The van der Waals surface area contributed by atoms with E-state index in [-0.39, 0.29) is 16.0 Å². The quantitative estimate of drug-likeness (QED) is 0.656. The highest BCUT2D eigenvalue weighted by atomic mass is 16.6. The van der Waals surface area contributed by atoms with Crippen LogP contribution in [0.5, 0.6) is 0 Å². The molecule has 1 aromatic carbocycles. The van der Waals surface area contributed by atoms with Crippen molar-refractivity contribution in [2.24, 2.45) is 16.7 Å². The van der Waals surface area contributed by atoms with Crippen molar-refractivity contribution in [3.8, 4) is 0 Å². The lowest BCUT2D eigenvalue weighted by atomic mass is 9.68. The summed E-state index contributed by atoms with van der Waals surface area (Å²) in [5.41, 5.74) is 2.40. The van der Waals surface area contributed by atoms with Gasteiger partial charge in [0.15, 0.2) is 0 Å². The normalized spacial score (nSPS) is 33.1. The van der Waals surface area contributed by atoms with Gasteiger partial charge in [-0.2, -0.15) is 0 Å². The van der Waals surface area contributed by atoms with Gasteiger partial charge in [-0.3, -0.25) is 10.1 Å². The molecular formula is C17H24N2O2. The number of nitrogens with zero attached hydrogens (tertiary/aromatic N) is 1. The van der Waals surface area contributed by atoms with Gasteiger partial charge >= 0.3 is 0 Å². The first-order chi connectivity index (χ1) is 9.75. The molecule has 0 radical (unpaired) electrons. The Labute approximate surface area is 126 Å². The lowest BCUT2D eigenvalue weighted by molar-refractivity contribution is -0.385. The fourth-order valence-corrected chi connectivity index (χ4v) is 4.80. The molecule has 1 aromatic rings. The summed E-state index contributed by atoms with van der Waals surface area (Å²) in [6.45, 7) is 8.88. The van der Waals surface area contributed by atoms with Crippen LogP contribution in [0.3, 0.4) is 0 Å². The van der Waals surface area contributed by atoms with E-state index in [4.69, 9.17) is 0 Å². The molecule has 0 aliphatic heterocycles. The molecule has 114 valence electrons. The van der Waals surface area contributed by atoms with E-state index < -0.39 is 0 Å². The Morgan fingerprint density at radius 3 is 2.62 bits per heavy atom. The maximum Gasteiger partial charge on any atom is 0.274 e. The van der Waals surface area contributed by atoms with Gasteiger partial charge in [0.2, 0.25) is 0 Å². The Bertz CT molecular complexity index is 592. The van der Waals surface area contributed by atoms with Crippen LogP contribution in [0, 0.1) is 33.8 Å². The molecule has 4 nitrogen and oxygen atoms in total. The van der Waals surface area contributed by atoms with E-state index >= 15 is 0 Å². The number of nitrogens with one attached hydrogen (secondary N) is 1. The average Bonchev–Trinajstić information content (AvgIpc) is 2.87. The molecule has 0 amide bonds. The van der Waals surface area contributed by atoms with Gasteiger partial charge in [-0.1, -0.05) is 26.8 Å². The molecule has 2 fully saturated rings. The van der Waals surface area contributed by atoms with Crippen LogP contribution in [0.1, 0.15) is 45.6 Å². The highest BCUT2D eigenvalue weighted by molar-refractivity contribution is 5.60. The molecule has 2 saturated carbocycles. The fourth-order valence-electron chi connectivity index (χ4n) is 4.80. The van der Waals surface area contributed by atoms with Crippen molar-refractivity contribution in [3.05, 3.63) is 33.9 Å². The molecule has 2 bridgehead atoms. The molecule has 0 heterocycles. The van der Waals surface area contributed by atoms with Crippen LogP contribution < -0.4 is 5.32 Å². The molecule has 0 saturated heterocycles. The predicted molar refractivity (Wildman–Crippen MR) is 84.5 cm³/mol. The Hall–Kier alpha value is -1.58. The minimum atomic E-state index is -0.297. The topological polar surface area (TPSA) is 55.2 Å². The second-order valence-electron chi connectivity index (χ2n) is 7.70. The maximum absolute atomic E-state index is 11.1. The Morgan fingerprint density at radius 1 is 1.33 bits per heavy atom. The van der Waals surface area contributed by atoms with Crippen LogP contribution in [0.2, 0.25) is 0 Å². The Balaban J connectivity index is 1.94. The van der Waals surface area contributed by atoms with Crippen LogP contribution >= 0.6 is 0 Å². The van der Waals surface area contributed by atoms with Crippen LogP contribution in [0.25, 0.3) is 0 Å². The lowest BCUT2D eigenvalue weighted by Gasteiger charge is -2.43. The number of benzene rings is 1. The highest BCUT2D eigenvalue weighted by Crippen LogP contribution is 2.63. The standard InChI is InChI=1S/C17H24N2O2/c1-11-13(6-5-7-14(11)19(20)21)18-15-16(2,3)12-8-9-17(15,4)10-12/h5-7,12,15,18H,8-10H2,1-4H3/t12-,15?,17+/m0/s1. The molecule has 2 aliphatic rings. The van der Waals surface area contributed by atoms with Crippen molar-refractivity contribution < 1.29 is 4.92 Å². The lowest BCUT2D eigenvalue weighted by Crippen LogP contribution is -2.45. The molecule has 0 aromatic heterocycles. The first-order valence-corrected chi connectivity index (χ1v) is 7.76. The zero-order chi connectivity index (χ0) is 15.4. The predicted octanol–water partition coefficient (Wildman–Crippen LogP) is 4.53. The number of anilines is 1. The first-order valence-electron chi connectivity index (χ1n) is 7.76. The summed E-state index contributed by atoms with van der Waals surface area (Å²) in [6.07, 6.45) is 3.84. The van der Waals surface area contributed by atoms with Gasteiger partial charge in [-0.25, -0.2) is 0 Å². The summed E-state index contributed by atoms with van der Waals surface area (Å²) >= 11 is 0. The van der Waals surface area contributed by atoms with E-state index in [9.17, 15) is 10.1 Å². The molecule has 1 N–H and O–H groups in total. The van der Waals surface area contributed by atoms with Gasteiger partial charge in [-0.05, 0) is 49.0 Å². The monoisotopic (exact) mass is 288 g/mol. The minimum absolute atomic E-state index is 0.200. The average molecular weight is 288 g/mol. The molecule has 0 spiro atoms. The summed E-state index contributed by atoms with van der Waals surface area (Å²) in [5.74, 6) is 0.763. The summed E-state index contributed by atoms with van der Waals surface area (Å²) in [6, 6.07) is 5.70. The molecule has 21 heavy (non-hydrogen) atoms. The maximum atomic E-state index is 11.1. The number of nitro groups is 1. The van der Waals surface area contributed by atoms with Crippen molar-refractivity contribution in [1.82, 2.24) is 0 Å². The van der Waals surface area contributed by atoms with E-state index in [1.165, 1.54) is 19.3 Å². The van der Waals surface area contributed by atoms with Crippen LogP contribution in [0.15, 0.2) is 18.2 Å². The SMILES string of the molecule is Cc1c(NC2C(C)(C)[C@H]3CC[C@]2(C)C3)cccc1[N+](=O)[O-]. The van der Waals surface area contributed by atoms with Gasteiger partial charge in [0, 0.05) is 23.4 Å². The van der Waals surface area contributed by atoms with E-state index in [1.807, 2.05) is 13.0 Å². The molecule has 3 atom stereocenters. The zero-order valence-corrected chi connectivity index (χ0v) is 13.3. The van der Waals surface area contributed by atoms with Gasteiger partial charge in [-0.15, -0.1) is 0 Å². The number of hydrogen-bond donors (Lipinski definition) is 1. The third-order valence-electron chi connectivity index (χ3n) is 6.07. The van der Waals surface area contributed by atoms with Crippen LogP contribution in [-0.2, 0) is 0 Å². The second kappa shape index (κ2) is 4.46. The third kappa shape index (κ3) is 2.03. The number of fused-ring (bicyclic) bond motifs is 2. The number of hydrogen-bond acceptors (Lipinski definition) is 3. The smallest absolute Gasteiger partial charge is 0.274 e. The highest BCUT2D eigenvalue weighted by Gasteiger charge is 2.59. The van der Waals surface area contributed by atoms with Gasteiger partial charge < -0.3 is 5.32 Å². The van der Waals surface area contributed by atoms with Crippen molar-refractivity contribution in [1.29, 1.82) is 0 Å². The van der Waals surface area contributed by atoms with E-state index in [0.29, 0.717) is 11.5 Å². The molecule has 1 unspecified atom stereocenters. The number of nitro benzene ring substituents is 1. The summed E-state index contributed by atoms with van der Waals surface area (Å²) in [7, 11) is 0. The molecule has 3 rings (SSSR count). The minimum Gasteiger partial charge on any atom is -0.381 e. The van der Waals surface area contributed by atoms with E-state index in [1.54, 1.807) is 12.1 Å². The summed E-state index contributed by atoms with van der Waals surface area (Å²) in [5, 5.41) is 14.8. The second-order valence-corrected chi connectivity index (χ2v) is 7.70. The van der Waals surface area contributed by atoms with Crippen molar-refractivity contribution >= 4 is 11.4 Å². The fraction of sp³-hybridized carbons (Fsp3) is 0.647. The summed E-state index contributed by atoms with van der Waals surface area (Å²) in [4.78, 5) is 10.8. The van der Waals surface area contributed by atoms with E-state index in [2.05, 4.69) is 26.1 Å². The molecule has 4 heteroatoms. The third-order valence-corrected chi connectivity index (χ3v) is 6.07. The molecule has 2 aliphatic carbocycles.